The molecule has 1 N–H and O–H groups in total. The van der Waals surface area contributed by atoms with Crippen molar-refractivity contribution >= 4 is 17.9 Å². The Hall–Kier alpha value is -2.03. The van der Waals surface area contributed by atoms with Gasteiger partial charge in [0.2, 0.25) is 7.29 Å². The highest BCUT2D eigenvalue weighted by Crippen LogP contribution is 2.38. The van der Waals surface area contributed by atoms with Crippen LogP contribution < -0.4 is 15.7 Å². The monoisotopic (exact) mass is 355 g/mol. The first kappa shape index (κ1) is 17.8. The number of nitrogens with one attached hydrogen (secondary N) is 1. The van der Waals surface area contributed by atoms with E-state index in [4.69, 9.17) is 0 Å². The zero-order valence-corrected chi connectivity index (χ0v) is 15.6. The van der Waals surface area contributed by atoms with E-state index in [1.807, 2.05) is 60.7 Å². The molecule has 0 fully saturated rings. The Morgan fingerprint density at radius 3 is 2.00 bits per heavy atom. The first-order valence-corrected chi connectivity index (χ1v) is 10.6. The van der Waals surface area contributed by atoms with E-state index in [2.05, 4.69) is 34.2 Å². The van der Waals surface area contributed by atoms with Gasteiger partial charge in [-0.1, -0.05) is 36.4 Å². The maximum Gasteiger partial charge on any atom is 0.204 e. The van der Waals surface area contributed by atoms with E-state index in [1.165, 1.54) is 0 Å². The van der Waals surface area contributed by atoms with E-state index in [9.17, 15) is 4.57 Å². The standard InChI is InChI=1S/C20H26N3OP/c1-2-22-16-17-23(18-22)15-9-14-21-25(24,19-10-5-3-6-11-19)20-12-7-4-8-13-20/h3-8,10-13,16-17H,2,9,14-15,18H2,1H3,(H,21,24). The van der Waals surface area contributed by atoms with Gasteiger partial charge in [-0.25, -0.2) is 0 Å². The molecule has 0 saturated carbocycles. The fraction of sp³-hybridized carbons (Fsp3) is 0.300. The number of nitrogens with zero attached hydrogens (tertiary/aromatic N) is 2. The second-order valence-corrected chi connectivity index (χ2v) is 8.77. The molecule has 132 valence electrons. The Labute approximate surface area is 150 Å². The summed E-state index contributed by atoms with van der Waals surface area (Å²) >= 11 is 0. The third-order valence-corrected chi connectivity index (χ3v) is 7.17. The van der Waals surface area contributed by atoms with Crippen LogP contribution in [0.15, 0.2) is 73.1 Å². The molecule has 5 heteroatoms. The molecular weight excluding hydrogens is 329 g/mol. The average Bonchev–Trinajstić information content (AvgIpc) is 3.14. The summed E-state index contributed by atoms with van der Waals surface area (Å²) in [6.07, 6.45) is 5.22. The molecular formula is C20H26N3OP. The van der Waals surface area contributed by atoms with Crippen LogP contribution in [0.3, 0.4) is 0 Å². The van der Waals surface area contributed by atoms with Gasteiger partial charge in [-0.3, -0.25) is 9.65 Å². The van der Waals surface area contributed by atoms with Gasteiger partial charge < -0.3 is 9.80 Å². The van der Waals surface area contributed by atoms with Gasteiger partial charge in [0.25, 0.3) is 0 Å². The molecule has 0 spiro atoms. The minimum Gasteiger partial charge on any atom is -0.359 e. The van der Waals surface area contributed by atoms with Gasteiger partial charge in [0.15, 0.2) is 0 Å². The average molecular weight is 355 g/mol. The molecule has 1 heterocycles. The molecule has 25 heavy (non-hydrogen) atoms. The van der Waals surface area contributed by atoms with Crippen LogP contribution in [-0.2, 0) is 4.57 Å². The fourth-order valence-electron chi connectivity index (χ4n) is 2.99. The molecule has 3 rings (SSSR count). The Morgan fingerprint density at radius 1 is 0.920 bits per heavy atom. The van der Waals surface area contributed by atoms with E-state index in [-0.39, 0.29) is 0 Å². The summed E-state index contributed by atoms with van der Waals surface area (Å²) in [7, 11) is -2.80. The molecule has 0 aromatic heterocycles. The van der Waals surface area contributed by atoms with Crippen LogP contribution in [0, 0.1) is 0 Å². The molecule has 4 nitrogen and oxygen atoms in total. The number of rotatable bonds is 8. The molecule has 1 aliphatic rings. The minimum atomic E-state index is -2.80. The lowest BCUT2D eigenvalue weighted by molar-refractivity contribution is 0.271. The summed E-state index contributed by atoms with van der Waals surface area (Å²) in [5.74, 6) is 0. The number of hydrogen-bond acceptors (Lipinski definition) is 3. The highest BCUT2D eigenvalue weighted by Gasteiger charge is 2.26. The summed E-state index contributed by atoms with van der Waals surface area (Å²) in [5.41, 5.74) is 0. The van der Waals surface area contributed by atoms with Crippen molar-refractivity contribution in [1.82, 2.24) is 14.9 Å². The van der Waals surface area contributed by atoms with Crippen LogP contribution in [0.1, 0.15) is 13.3 Å². The lowest BCUT2D eigenvalue weighted by Crippen LogP contribution is -2.31. The smallest absolute Gasteiger partial charge is 0.204 e. The second-order valence-electron chi connectivity index (χ2n) is 6.20. The molecule has 0 amide bonds. The van der Waals surface area contributed by atoms with E-state index in [1.54, 1.807) is 0 Å². The maximum absolute atomic E-state index is 13.8. The van der Waals surface area contributed by atoms with E-state index in [0.29, 0.717) is 0 Å². The summed E-state index contributed by atoms with van der Waals surface area (Å²) in [6.45, 7) is 5.82. The fourth-order valence-corrected chi connectivity index (χ4v) is 5.31. The van der Waals surface area contributed by atoms with Crippen LogP contribution in [0.2, 0.25) is 0 Å². The third-order valence-electron chi connectivity index (χ3n) is 4.45. The lowest BCUT2D eigenvalue weighted by atomic mass is 10.4. The van der Waals surface area contributed by atoms with Crippen LogP contribution in [-0.4, -0.2) is 36.1 Å². The quantitative estimate of drug-likeness (QED) is 0.583. The van der Waals surface area contributed by atoms with Crippen molar-refractivity contribution in [3.63, 3.8) is 0 Å². The number of hydrogen-bond donors (Lipinski definition) is 1. The molecule has 0 atom stereocenters. The highest BCUT2D eigenvalue weighted by atomic mass is 31.2. The Bertz CT molecular complexity index is 690. The van der Waals surface area contributed by atoms with Crippen molar-refractivity contribution in [2.45, 2.75) is 13.3 Å². The highest BCUT2D eigenvalue weighted by molar-refractivity contribution is 7.76. The molecule has 0 bridgehead atoms. The predicted molar refractivity (Wildman–Crippen MR) is 105 cm³/mol. The first-order valence-electron chi connectivity index (χ1n) is 8.85. The summed E-state index contributed by atoms with van der Waals surface area (Å²) in [6, 6.07) is 19.5. The molecule has 1 aliphatic heterocycles. The normalized spacial score (nSPS) is 14.3. The Balaban J connectivity index is 1.64. The largest absolute Gasteiger partial charge is 0.359 e. The number of benzene rings is 2. The molecule has 2 aromatic carbocycles. The lowest BCUT2D eigenvalue weighted by Gasteiger charge is -2.22. The van der Waals surface area contributed by atoms with Crippen LogP contribution in [0.4, 0.5) is 0 Å². The molecule has 0 radical (unpaired) electrons. The van der Waals surface area contributed by atoms with Gasteiger partial charge in [-0.15, -0.1) is 0 Å². The van der Waals surface area contributed by atoms with Gasteiger partial charge >= 0.3 is 0 Å². The van der Waals surface area contributed by atoms with Crippen molar-refractivity contribution in [3.05, 3.63) is 73.1 Å². The summed E-state index contributed by atoms with van der Waals surface area (Å²) < 4.78 is 13.8. The summed E-state index contributed by atoms with van der Waals surface area (Å²) in [5, 5.41) is 5.09. The van der Waals surface area contributed by atoms with Crippen molar-refractivity contribution in [2.75, 3.05) is 26.3 Å². The van der Waals surface area contributed by atoms with Gasteiger partial charge in [0.05, 0.1) is 6.67 Å². The minimum absolute atomic E-state index is 0.720. The molecule has 0 saturated heterocycles. The SMILES string of the molecule is CCN1C=CN(CCCNP(=O)(c2ccccc2)c2ccccc2)C1. The topological polar surface area (TPSA) is 35.6 Å². The van der Waals surface area contributed by atoms with Gasteiger partial charge in [-0.2, -0.15) is 0 Å². The molecule has 0 unspecified atom stereocenters. The van der Waals surface area contributed by atoms with Crippen LogP contribution in [0.25, 0.3) is 0 Å². The van der Waals surface area contributed by atoms with Gasteiger partial charge in [0, 0.05) is 42.6 Å². The van der Waals surface area contributed by atoms with Crippen molar-refractivity contribution < 1.29 is 4.57 Å². The third kappa shape index (κ3) is 4.33. The molecule has 2 aromatic rings. The Kier molecular flexibility index (Phi) is 5.95. The van der Waals surface area contributed by atoms with Crippen molar-refractivity contribution in [2.24, 2.45) is 0 Å². The predicted octanol–water partition coefficient (Wildman–Crippen LogP) is 2.96. The van der Waals surface area contributed by atoms with Crippen LogP contribution in [0.5, 0.6) is 0 Å². The second kappa shape index (κ2) is 8.37. The van der Waals surface area contributed by atoms with Crippen LogP contribution >= 0.6 is 7.29 Å². The van der Waals surface area contributed by atoms with Gasteiger partial charge in [0.1, 0.15) is 0 Å². The zero-order valence-electron chi connectivity index (χ0n) is 14.7. The van der Waals surface area contributed by atoms with E-state index >= 15 is 0 Å². The Morgan fingerprint density at radius 2 is 1.48 bits per heavy atom. The maximum atomic E-state index is 13.8. The van der Waals surface area contributed by atoms with Crippen molar-refractivity contribution in [3.8, 4) is 0 Å². The van der Waals surface area contributed by atoms with E-state index in [0.717, 1.165) is 43.3 Å². The van der Waals surface area contributed by atoms with Crippen molar-refractivity contribution in [1.29, 1.82) is 0 Å². The summed E-state index contributed by atoms with van der Waals surface area (Å²) in [4.78, 5) is 4.56. The first-order chi connectivity index (χ1) is 12.2. The molecule has 0 aliphatic carbocycles. The zero-order chi connectivity index (χ0) is 17.5. The van der Waals surface area contributed by atoms with E-state index < -0.39 is 7.29 Å². The van der Waals surface area contributed by atoms with Gasteiger partial charge in [-0.05, 0) is 37.6 Å².